The summed E-state index contributed by atoms with van der Waals surface area (Å²) in [5.41, 5.74) is 0.672. The Balaban J connectivity index is 2.49. The molecule has 0 amide bonds. The summed E-state index contributed by atoms with van der Waals surface area (Å²) in [6.45, 7) is 0. The van der Waals surface area contributed by atoms with Crippen LogP contribution in [0.5, 0.6) is 11.5 Å². The van der Waals surface area contributed by atoms with Crippen molar-refractivity contribution in [3.8, 4) is 11.5 Å². The number of methoxy groups -OCH3 is 2. The number of carbonyl (C=O) groups is 1. The minimum atomic E-state index is -0.926. The van der Waals surface area contributed by atoms with Gasteiger partial charge in [-0.25, -0.2) is 0 Å². The number of aliphatic carboxylic acids is 1. The molecule has 0 aliphatic heterocycles. The topological polar surface area (TPSA) is 76.0 Å². The molecule has 0 aliphatic carbocycles. The average molecular weight is 290 g/mol. The number of hydrogen-bond donors (Lipinski definition) is 2. The molecule has 0 aromatic heterocycles. The van der Waals surface area contributed by atoms with Gasteiger partial charge in [-0.05, 0) is 41.6 Å². The van der Waals surface area contributed by atoms with Crippen LogP contribution in [0.4, 0.5) is 0 Å². The Hall–Kier alpha value is -2.27. The fraction of sp³-hybridized carbons (Fsp3) is 0.312. The summed E-state index contributed by atoms with van der Waals surface area (Å²) in [4.78, 5) is 10.6. The van der Waals surface area contributed by atoms with E-state index in [1.54, 1.807) is 26.4 Å². The lowest BCUT2D eigenvalue weighted by Crippen LogP contribution is -2.03. The van der Waals surface area contributed by atoms with E-state index in [4.69, 9.17) is 14.6 Å². The second-order valence-electron chi connectivity index (χ2n) is 4.72. The van der Waals surface area contributed by atoms with Crippen LogP contribution in [0.1, 0.15) is 24.5 Å². The highest BCUT2D eigenvalue weighted by Crippen LogP contribution is 2.35. The zero-order valence-electron chi connectivity index (χ0n) is 12.0. The Bertz CT molecular complexity index is 650. The minimum absolute atomic E-state index is 0.0847. The number of fused-ring (bicyclic) bond motifs is 1. The molecule has 5 nitrogen and oxygen atoms in total. The van der Waals surface area contributed by atoms with Crippen LogP contribution in [0.25, 0.3) is 10.8 Å². The van der Waals surface area contributed by atoms with E-state index in [2.05, 4.69) is 0 Å². The molecule has 0 radical (unpaired) electrons. The second kappa shape index (κ2) is 6.45. The van der Waals surface area contributed by atoms with Gasteiger partial charge < -0.3 is 19.7 Å². The summed E-state index contributed by atoms with van der Waals surface area (Å²) in [5.74, 6) is 0.439. The summed E-state index contributed by atoms with van der Waals surface area (Å²) < 4.78 is 10.5. The van der Waals surface area contributed by atoms with Crippen LogP contribution >= 0.6 is 0 Å². The number of aliphatic hydroxyl groups is 1. The maximum Gasteiger partial charge on any atom is 0.303 e. The molecular weight excluding hydrogens is 272 g/mol. The predicted molar refractivity (Wildman–Crippen MR) is 78.9 cm³/mol. The average Bonchev–Trinajstić information content (AvgIpc) is 2.50. The third-order valence-electron chi connectivity index (χ3n) is 3.43. The Morgan fingerprint density at radius 1 is 1.14 bits per heavy atom. The smallest absolute Gasteiger partial charge is 0.303 e. The summed E-state index contributed by atoms with van der Waals surface area (Å²) in [6, 6.07) is 9.02. The first-order valence-corrected chi connectivity index (χ1v) is 6.61. The van der Waals surface area contributed by atoms with Crippen molar-refractivity contribution in [1.82, 2.24) is 0 Å². The molecule has 112 valence electrons. The molecule has 1 unspecified atom stereocenters. The van der Waals surface area contributed by atoms with Gasteiger partial charge in [0.2, 0.25) is 0 Å². The van der Waals surface area contributed by atoms with E-state index in [1.807, 2.05) is 18.2 Å². The van der Waals surface area contributed by atoms with Gasteiger partial charge in [-0.15, -0.1) is 0 Å². The third-order valence-corrected chi connectivity index (χ3v) is 3.43. The standard InChI is InChI=1S/C16H18O5/c1-20-10-3-4-12-13(9-10)11(5-7-15(12)21-2)14(17)6-8-16(18)19/h3-5,7,9,14,17H,6,8H2,1-2H3,(H,18,19). The molecule has 2 aromatic carbocycles. The molecule has 0 fully saturated rings. The van der Waals surface area contributed by atoms with Gasteiger partial charge in [-0.2, -0.15) is 0 Å². The Labute approximate surface area is 122 Å². The number of rotatable bonds is 6. The summed E-state index contributed by atoms with van der Waals surface area (Å²) in [7, 11) is 3.15. The van der Waals surface area contributed by atoms with E-state index in [9.17, 15) is 9.90 Å². The maximum absolute atomic E-state index is 10.6. The van der Waals surface area contributed by atoms with E-state index in [0.717, 1.165) is 10.8 Å². The van der Waals surface area contributed by atoms with Crippen LogP contribution in [0.15, 0.2) is 30.3 Å². The molecule has 0 saturated carbocycles. The Morgan fingerprint density at radius 3 is 2.52 bits per heavy atom. The molecule has 2 aromatic rings. The lowest BCUT2D eigenvalue weighted by atomic mass is 9.97. The quantitative estimate of drug-likeness (QED) is 0.855. The molecular formula is C16H18O5. The van der Waals surface area contributed by atoms with Crippen LogP contribution in [0.2, 0.25) is 0 Å². The molecule has 2 rings (SSSR count). The number of hydrogen-bond acceptors (Lipinski definition) is 4. The van der Waals surface area contributed by atoms with Gasteiger partial charge in [0.1, 0.15) is 11.5 Å². The molecule has 21 heavy (non-hydrogen) atoms. The lowest BCUT2D eigenvalue weighted by molar-refractivity contribution is -0.137. The normalized spacial score (nSPS) is 12.1. The summed E-state index contributed by atoms with van der Waals surface area (Å²) in [6.07, 6.45) is -0.770. The molecule has 5 heteroatoms. The van der Waals surface area contributed by atoms with Crippen LogP contribution in [0, 0.1) is 0 Å². The number of aliphatic hydroxyl groups excluding tert-OH is 1. The van der Waals surface area contributed by atoms with E-state index >= 15 is 0 Å². The van der Waals surface area contributed by atoms with Crippen molar-refractivity contribution in [2.45, 2.75) is 18.9 Å². The summed E-state index contributed by atoms with van der Waals surface area (Å²) in [5, 5.41) is 20.6. The van der Waals surface area contributed by atoms with Gasteiger partial charge in [0.05, 0.1) is 20.3 Å². The van der Waals surface area contributed by atoms with Crippen LogP contribution < -0.4 is 9.47 Å². The van der Waals surface area contributed by atoms with Gasteiger partial charge in [0.25, 0.3) is 0 Å². The van der Waals surface area contributed by atoms with Crippen LogP contribution in [-0.2, 0) is 4.79 Å². The highest BCUT2D eigenvalue weighted by molar-refractivity contribution is 5.92. The van der Waals surface area contributed by atoms with Crippen molar-refractivity contribution in [3.05, 3.63) is 35.9 Å². The molecule has 2 N–H and O–H groups in total. The van der Waals surface area contributed by atoms with Gasteiger partial charge in [-0.1, -0.05) is 6.07 Å². The molecule has 0 heterocycles. The zero-order chi connectivity index (χ0) is 15.4. The van der Waals surface area contributed by atoms with E-state index in [-0.39, 0.29) is 12.8 Å². The largest absolute Gasteiger partial charge is 0.497 e. The van der Waals surface area contributed by atoms with Gasteiger partial charge in [-0.3, -0.25) is 4.79 Å². The lowest BCUT2D eigenvalue weighted by Gasteiger charge is -2.15. The fourth-order valence-electron chi connectivity index (χ4n) is 2.33. The highest BCUT2D eigenvalue weighted by atomic mass is 16.5. The summed E-state index contributed by atoms with van der Waals surface area (Å²) >= 11 is 0. The zero-order valence-corrected chi connectivity index (χ0v) is 12.0. The predicted octanol–water partition coefficient (Wildman–Crippen LogP) is 2.76. The van der Waals surface area contributed by atoms with Gasteiger partial charge >= 0.3 is 5.97 Å². The highest BCUT2D eigenvalue weighted by Gasteiger charge is 2.15. The number of ether oxygens (including phenoxy) is 2. The first-order chi connectivity index (χ1) is 10.1. The number of carboxylic acid groups (broad SMARTS) is 1. The van der Waals surface area contributed by atoms with Crippen LogP contribution in [-0.4, -0.2) is 30.4 Å². The molecule has 0 spiro atoms. The van der Waals surface area contributed by atoms with Crippen molar-refractivity contribution in [3.63, 3.8) is 0 Å². The molecule has 0 bridgehead atoms. The minimum Gasteiger partial charge on any atom is -0.497 e. The number of carboxylic acids is 1. The maximum atomic E-state index is 10.6. The first-order valence-electron chi connectivity index (χ1n) is 6.61. The Kier molecular flexibility index (Phi) is 4.65. The van der Waals surface area contributed by atoms with Crippen molar-refractivity contribution in [1.29, 1.82) is 0 Å². The number of benzene rings is 2. The third kappa shape index (κ3) is 3.25. The van der Waals surface area contributed by atoms with Crippen molar-refractivity contribution in [2.24, 2.45) is 0 Å². The fourth-order valence-corrected chi connectivity index (χ4v) is 2.33. The van der Waals surface area contributed by atoms with E-state index in [1.165, 1.54) is 0 Å². The van der Waals surface area contributed by atoms with Crippen molar-refractivity contribution >= 4 is 16.7 Å². The van der Waals surface area contributed by atoms with Crippen molar-refractivity contribution in [2.75, 3.05) is 14.2 Å². The second-order valence-corrected chi connectivity index (χ2v) is 4.72. The Morgan fingerprint density at radius 2 is 1.90 bits per heavy atom. The first kappa shape index (κ1) is 15.1. The van der Waals surface area contributed by atoms with E-state index in [0.29, 0.717) is 17.1 Å². The molecule has 0 aliphatic rings. The van der Waals surface area contributed by atoms with Crippen molar-refractivity contribution < 1.29 is 24.5 Å². The molecule has 1 atom stereocenters. The van der Waals surface area contributed by atoms with Crippen LogP contribution in [0.3, 0.4) is 0 Å². The van der Waals surface area contributed by atoms with E-state index < -0.39 is 12.1 Å². The van der Waals surface area contributed by atoms with Gasteiger partial charge in [0.15, 0.2) is 0 Å². The molecule has 0 saturated heterocycles. The van der Waals surface area contributed by atoms with Gasteiger partial charge in [0, 0.05) is 11.8 Å². The monoisotopic (exact) mass is 290 g/mol. The SMILES string of the molecule is COc1ccc2c(OC)ccc(C(O)CCC(=O)O)c2c1.